The van der Waals surface area contributed by atoms with Crippen molar-refractivity contribution in [1.82, 2.24) is 4.90 Å². The number of piperidine rings is 1. The van der Waals surface area contributed by atoms with Gasteiger partial charge in [0.15, 0.2) is 0 Å². The highest BCUT2D eigenvalue weighted by Gasteiger charge is 2.38. The molecule has 3 fully saturated rings. The number of likely N-dealkylation sites (tertiary alicyclic amines) is 1. The Balaban J connectivity index is 1.42. The molecule has 27 heavy (non-hydrogen) atoms. The zero-order valence-corrected chi connectivity index (χ0v) is 16.4. The van der Waals surface area contributed by atoms with Crippen LogP contribution in [0, 0.1) is 23.7 Å². The van der Waals surface area contributed by atoms with Crippen molar-refractivity contribution in [2.75, 3.05) is 19.6 Å². The van der Waals surface area contributed by atoms with Crippen LogP contribution in [0.3, 0.4) is 0 Å². The molecule has 0 bridgehead atoms. The molecule has 2 aliphatic carbocycles. The summed E-state index contributed by atoms with van der Waals surface area (Å²) in [6, 6.07) is 0. The Bertz CT molecular complexity index is 488. The van der Waals surface area contributed by atoms with Crippen LogP contribution in [0.1, 0.15) is 64.2 Å². The van der Waals surface area contributed by atoms with E-state index in [-0.39, 0.29) is 24.7 Å². The molecule has 5 nitrogen and oxygen atoms in total. The smallest absolute Gasteiger partial charge is 0.427 e. The van der Waals surface area contributed by atoms with Gasteiger partial charge in [0.25, 0.3) is 0 Å². The molecule has 1 amide bonds. The number of amides is 1. The SMILES string of the molecule is NCC1CCCC(C2CCN(C(=O)CC3CCC(B(O)O)CC3F)CC2)C1. The first-order valence-corrected chi connectivity index (χ1v) is 11.0. The summed E-state index contributed by atoms with van der Waals surface area (Å²) < 4.78 is 14.4. The Hall–Kier alpha value is -0.655. The summed E-state index contributed by atoms with van der Waals surface area (Å²) in [5, 5.41) is 18.5. The lowest BCUT2D eigenvalue weighted by Gasteiger charge is -2.40. The number of hydrogen-bond donors (Lipinski definition) is 3. The summed E-state index contributed by atoms with van der Waals surface area (Å²) in [7, 11) is -1.45. The van der Waals surface area contributed by atoms with Crippen molar-refractivity contribution in [1.29, 1.82) is 0 Å². The van der Waals surface area contributed by atoms with Gasteiger partial charge in [-0.3, -0.25) is 4.79 Å². The zero-order chi connectivity index (χ0) is 19.4. The largest absolute Gasteiger partial charge is 0.454 e. The van der Waals surface area contributed by atoms with Crippen LogP contribution in [0.15, 0.2) is 0 Å². The van der Waals surface area contributed by atoms with Crippen LogP contribution in [0.2, 0.25) is 5.82 Å². The van der Waals surface area contributed by atoms with E-state index in [1.165, 1.54) is 25.7 Å². The van der Waals surface area contributed by atoms with Gasteiger partial charge in [0.05, 0.1) is 0 Å². The molecule has 7 heteroatoms. The minimum atomic E-state index is -1.45. The fourth-order valence-corrected chi connectivity index (χ4v) is 5.66. The summed E-state index contributed by atoms with van der Waals surface area (Å²) >= 11 is 0. The Morgan fingerprint density at radius 3 is 2.41 bits per heavy atom. The fourth-order valence-electron chi connectivity index (χ4n) is 5.66. The molecule has 0 radical (unpaired) electrons. The van der Waals surface area contributed by atoms with Gasteiger partial charge in [-0.1, -0.05) is 19.3 Å². The monoisotopic (exact) mass is 382 g/mol. The molecule has 1 aliphatic heterocycles. The van der Waals surface area contributed by atoms with Crippen molar-refractivity contribution < 1.29 is 19.2 Å². The van der Waals surface area contributed by atoms with E-state index < -0.39 is 19.1 Å². The average molecular weight is 382 g/mol. The van der Waals surface area contributed by atoms with Gasteiger partial charge in [0, 0.05) is 19.5 Å². The van der Waals surface area contributed by atoms with Crippen LogP contribution in [0.25, 0.3) is 0 Å². The van der Waals surface area contributed by atoms with Crippen LogP contribution < -0.4 is 5.73 Å². The lowest BCUT2D eigenvalue weighted by molar-refractivity contribution is -0.134. The number of halogens is 1. The second-order valence-corrected chi connectivity index (χ2v) is 9.21. The molecule has 0 aromatic rings. The maximum Gasteiger partial charge on any atom is 0.454 e. The Labute approximate surface area is 163 Å². The van der Waals surface area contributed by atoms with E-state index in [1.54, 1.807) is 0 Å². The van der Waals surface area contributed by atoms with Gasteiger partial charge in [-0.05, 0) is 74.6 Å². The van der Waals surface area contributed by atoms with Crippen molar-refractivity contribution in [3.8, 4) is 0 Å². The number of carbonyl (C=O) groups excluding carboxylic acids is 1. The summed E-state index contributed by atoms with van der Waals surface area (Å²) in [5.41, 5.74) is 5.87. The predicted molar refractivity (Wildman–Crippen MR) is 105 cm³/mol. The predicted octanol–water partition coefficient (Wildman–Crippen LogP) is 2.36. The molecule has 2 saturated carbocycles. The van der Waals surface area contributed by atoms with E-state index >= 15 is 0 Å². The maximum atomic E-state index is 14.4. The third-order valence-electron chi connectivity index (χ3n) is 7.52. The van der Waals surface area contributed by atoms with Gasteiger partial charge in [0.1, 0.15) is 6.17 Å². The Morgan fingerprint density at radius 2 is 1.78 bits per heavy atom. The van der Waals surface area contributed by atoms with Gasteiger partial charge in [-0.15, -0.1) is 0 Å². The molecule has 5 unspecified atom stereocenters. The molecule has 1 heterocycles. The molecule has 3 rings (SSSR count). The molecule has 3 aliphatic rings. The third kappa shape index (κ3) is 5.45. The Morgan fingerprint density at radius 1 is 1.04 bits per heavy atom. The zero-order valence-electron chi connectivity index (χ0n) is 16.4. The maximum absolute atomic E-state index is 14.4. The van der Waals surface area contributed by atoms with Crippen LogP contribution in [-0.4, -0.2) is 53.8 Å². The van der Waals surface area contributed by atoms with E-state index in [4.69, 9.17) is 5.73 Å². The second kappa shape index (κ2) is 9.70. The van der Waals surface area contributed by atoms with E-state index in [2.05, 4.69) is 0 Å². The van der Waals surface area contributed by atoms with E-state index in [0.717, 1.165) is 38.4 Å². The number of alkyl halides is 1. The third-order valence-corrected chi connectivity index (χ3v) is 7.52. The molecule has 0 aromatic heterocycles. The van der Waals surface area contributed by atoms with E-state index in [1.807, 2.05) is 4.90 Å². The van der Waals surface area contributed by atoms with Crippen LogP contribution >= 0.6 is 0 Å². The molecule has 0 aromatic carbocycles. The molecule has 154 valence electrons. The highest BCUT2D eigenvalue weighted by molar-refractivity contribution is 6.43. The first-order chi connectivity index (χ1) is 13.0. The van der Waals surface area contributed by atoms with Crippen molar-refractivity contribution in [2.45, 2.75) is 76.2 Å². The summed E-state index contributed by atoms with van der Waals surface area (Å²) in [6.45, 7) is 2.40. The lowest BCUT2D eigenvalue weighted by atomic mass is 9.62. The van der Waals surface area contributed by atoms with Gasteiger partial charge >= 0.3 is 7.12 Å². The minimum Gasteiger partial charge on any atom is -0.427 e. The second-order valence-electron chi connectivity index (χ2n) is 9.21. The van der Waals surface area contributed by atoms with Crippen LogP contribution in [0.5, 0.6) is 0 Å². The molecule has 0 spiro atoms. The lowest BCUT2D eigenvalue weighted by Crippen LogP contribution is -2.42. The normalized spacial score (nSPS) is 35.9. The summed E-state index contributed by atoms with van der Waals surface area (Å²) in [4.78, 5) is 14.6. The van der Waals surface area contributed by atoms with Gasteiger partial charge in [-0.25, -0.2) is 4.39 Å². The van der Waals surface area contributed by atoms with E-state index in [0.29, 0.717) is 24.7 Å². The number of nitrogens with zero attached hydrogens (tertiary/aromatic N) is 1. The topological polar surface area (TPSA) is 86.8 Å². The van der Waals surface area contributed by atoms with E-state index in [9.17, 15) is 19.2 Å². The standard InChI is InChI=1S/C20H36BFN2O3/c22-19-12-18(21(26)27)5-4-17(19)11-20(25)24-8-6-15(7-9-24)16-3-1-2-14(10-16)13-23/h14-19,26-27H,1-13,23H2. The molecule has 5 atom stereocenters. The molecular formula is C20H36BFN2O3. The quantitative estimate of drug-likeness (QED) is 0.637. The summed E-state index contributed by atoms with van der Waals surface area (Å²) in [5.74, 6) is 1.56. The number of nitrogens with two attached hydrogens (primary N) is 1. The number of carbonyl (C=O) groups is 1. The number of rotatable bonds is 5. The van der Waals surface area contributed by atoms with Crippen molar-refractivity contribution in [3.63, 3.8) is 0 Å². The van der Waals surface area contributed by atoms with Crippen LogP contribution in [0.4, 0.5) is 4.39 Å². The van der Waals surface area contributed by atoms with Gasteiger partial charge in [0.2, 0.25) is 5.91 Å². The highest BCUT2D eigenvalue weighted by Crippen LogP contribution is 2.39. The van der Waals surface area contributed by atoms with Crippen molar-refractivity contribution >= 4 is 13.0 Å². The first-order valence-electron chi connectivity index (χ1n) is 11.0. The fraction of sp³-hybridized carbons (Fsp3) is 0.950. The average Bonchev–Trinajstić information content (AvgIpc) is 2.69. The Kier molecular flexibility index (Phi) is 7.57. The van der Waals surface area contributed by atoms with Gasteiger partial charge < -0.3 is 20.7 Å². The summed E-state index contributed by atoms with van der Waals surface area (Å²) in [6.07, 6.45) is 7.70. The first kappa shape index (κ1) is 21.1. The van der Waals surface area contributed by atoms with Crippen LogP contribution in [-0.2, 0) is 4.79 Å². The van der Waals surface area contributed by atoms with Crippen molar-refractivity contribution in [3.05, 3.63) is 0 Å². The minimum absolute atomic E-state index is 0.0765. The highest BCUT2D eigenvalue weighted by atomic mass is 19.1. The van der Waals surface area contributed by atoms with Crippen molar-refractivity contribution in [2.24, 2.45) is 29.4 Å². The van der Waals surface area contributed by atoms with Gasteiger partial charge in [-0.2, -0.15) is 0 Å². The molecule has 4 N–H and O–H groups in total. The number of hydrogen-bond acceptors (Lipinski definition) is 4. The molecular weight excluding hydrogens is 346 g/mol. The molecule has 1 saturated heterocycles.